The maximum atomic E-state index is 12.5. The Hall–Kier alpha value is -1.59. The molecule has 0 spiro atoms. The molecule has 6 heteroatoms. The van der Waals surface area contributed by atoms with Gasteiger partial charge in [-0.05, 0) is 41.4 Å². The van der Waals surface area contributed by atoms with Gasteiger partial charge in [0.15, 0.2) is 0 Å². The molecule has 2 heterocycles. The smallest absolute Gasteiger partial charge is 0.280 e. The molecule has 1 aliphatic heterocycles. The summed E-state index contributed by atoms with van der Waals surface area (Å²) in [4.78, 5) is 14.5. The van der Waals surface area contributed by atoms with E-state index in [1.807, 2.05) is 4.90 Å². The second-order valence-electron chi connectivity index (χ2n) is 5.78. The number of carbonyl (C=O) groups is 1. The van der Waals surface area contributed by atoms with Gasteiger partial charge in [-0.3, -0.25) is 4.79 Å². The number of piperidine rings is 1. The Morgan fingerprint density at radius 1 is 1.32 bits per heavy atom. The molecule has 2 N–H and O–H groups in total. The molecular weight excluding hydrogens is 244 g/mol. The van der Waals surface area contributed by atoms with E-state index < -0.39 is 0 Å². The summed E-state index contributed by atoms with van der Waals surface area (Å²) in [5, 5.41) is 7.14. The summed E-state index contributed by atoms with van der Waals surface area (Å²) < 4.78 is 4.54. The lowest BCUT2D eigenvalue weighted by atomic mass is 9.72. The topological polar surface area (TPSA) is 85.2 Å². The quantitative estimate of drug-likeness (QED) is 0.834. The van der Waals surface area contributed by atoms with Crippen molar-refractivity contribution in [1.82, 2.24) is 15.2 Å². The van der Waals surface area contributed by atoms with Crippen LogP contribution in [0.1, 0.15) is 49.5 Å². The van der Waals surface area contributed by atoms with Crippen molar-refractivity contribution in [2.45, 2.75) is 45.1 Å². The Morgan fingerprint density at radius 3 is 2.84 bits per heavy atom. The normalized spacial score (nSPS) is 31.0. The van der Waals surface area contributed by atoms with Crippen molar-refractivity contribution < 1.29 is 9.42 Å². The molecule has 2 aliphatic rings. The van der Waals surface area contributed by atoms with Crippen molar-refractivity contribution in [3.05, 3.63) is 5.69 Å². The molecule has 19 heavy (non-hydrogen) atoms. The third-order valence-electron chi connectivity index (χ3n) is 4.72. The van der Waals surface area contributed by atoms with Crippen molar-refractivity contribution in [2.75, 3.05) is 12.3 Å². The molecular formula is C13H20N4O2. The van der Waals surface area contributed by atoms with Gasteiger partial charge in [0.25, 0.3) is 5.91 Å². The molecule has 104 valence electrons. The van der Waals surface area contributed by atoms with E-state index in [0.717, 1.165) is 19.4 Å². The molecule has 1 aliphatic carbocycles. The summed E-state index contributed by atoms with van der Waals surface area (Å²) in [5.74, 6) is 1.29. The van der Waals surface area contributed by atoms with Crippen LogP contribution >= 0.6 is 0 Å². The third kappa shape index (κ3) is 2.09. The summed E-state index contributed by atoms with van der Waals surface area (Å²) in [6.45, 7) is 3.09. The van der Waals surface area contributed by atoms with Crippen LogP contribution in [0, 0.1) is 11.8 Å². The summed E-state index contributed by atoms with van der Waals surface area (Å²) in [6, 6.07) is 0.334. The molecule has 1 saturated carbocycles. The third-order valence-corrected chi connectivity index (χ3v) is 4.72. The van der Waals surface area contributed by atoms with Crippen molar-refractivity contribution in [2.24, 2.45) is 11.8 Å². The van der Waals surface area contributed by atoms with Crippen LogP contribution in [-0.2, 0) is 0 Å². The van der Waals surface area contributed by atoms with Gasteiger partial charge in [0.05, 0.1) is 0 Å². The van der Waals surface area contributed by atoms with E-state index in [4.69, 9.17) is 5.73 Å². The molecule has 1 saturated heterocycles. The van der Waals surface area contributed by atoms with Gasteiger partial charge in [-0.25, -0.2) is 4.63 Å². The average molecular weight is 264 g/mol. The molecule has 6 nitrogen and oxygen atoms in total. The van der Waals surface area contributed by atoms with Crippen LogP contribution in [0.5, 0.6) is 0 Å². The first-order chi connectivity index (χ1) is 9.18. The Kier molecular flexibility index (Phi) is 3.16. The maximum Gasteiger partial charge on any atom is 0.280 e. The molecule has 3 atom stereocenters. The van der Waals surface area contributed by atoms with Gasteiger partial charge in [0.2, 0.25) is 11.5 Å². The van der Waals surface area contributed by atoms with Gasteiger partial charge >= 0.3 is 0 Å². The number of rotatable bonds is 1. The van der Waals surface area contributed by atoms with Crippen LogP contribution in [0.15, 0.2) is 4.63 Å². The standard InChI is InChI=1S/C13H20N4O2/c1-8-6-7-17(10-5-3-2-4-9(8)10)13(18)11-12(14)16-19-15-11/h8-10H,2-7H2,1H3,(H2,14,16). The van der Waals surface area contributed by atoms with E-state index >= 15 is 0 Å². The molecule has 2 fully saturated rings. The fourth-order valence-corrected chi connectivity index (χ4v) is 3.65. The van der Waals surface area contributed by atoms with Crippen molar-refractivity contribution >= 4 is 11.7 Å². The zero-order chi connectivity index (χ0) is 13.4. The first-order valence-corrected chi connectivity index (χ1v) is 7.07. The van der Waals surface area contributed by atoms with E-state index in [1.165, 1.54) is 19.3 Å². The second-order valence-corrected chi connectivity index (χ2v) is 5.78. The number of nitrogens with two attached hydrogens (primary N) is 1. The van der Waals surface area contributed by atoms with Crippen LogP contribution in [-0.4, -0.2) is 33.7 Å². The average Bonchev–Trinajstić information content (AvgIpc) is 2.85. The number of aromatic nitrogens is 2. The first kappa shape index (κ1) is 12.4. The van der Waals surface area contributed by atoms with Gasteiger partial charge in [0, 0.05) is 12.6 Å². The lowest BCUT2D eigenvalue weighted by molar-refractivity contribution is 0.0210. The fraction of sp³-hybridized carbons (Fsp3) is 0.769. The highest BCUT2D eigenvalue weighted by Gasteiger charge is 2.40. The SMILES string of the molecule is CC1CCN(C(=O)c2nonc2N)C2CCCCC12. The Bertz CT molecular complexity index is 473. The Balaban J connectivity index is 1.84. The lowest BCUT2D eigenvalue weighted by Gasteiger charge is -2.47. The maximum absolute atomic E-state index is 12.5. The van der Waals surface area contributed by atoms with E-state index in [9.17, 15) is 4.79 Å². The van der Waals surface area contributed by atoms with E-state index in [-0.39, 0.29) is 17.4 Å². The highest BCUT2D eigenvalue weighted by molar-refractivity contribution is 5.96. The minimum absolute atomic E-state index is 0.0935. The van der Waals surface area contributed by atoms with Gasteiger partial charge in [-0.1, -0.05) is 19.8 Å². The highest BCUT2D eigenvalue weighted by Crippen LogP contribution is 2.39. The molecule has 3 rings (SSSR count). The van der Waals surface area contributed by atoms with Gasteiger partial charge in [-0.15, -0.1) is 0 Å². The Morgan fingerprint density at radius 2 is 2.11 bits per heavy atom. The summed E-state index contributed by atoms with van der Waals surface area (Å²) in [5.41, 5.74) is 5.79. The number of nitrogens with zero attached hydrogens (tertiary/aromatic N) is 3. The van der Waals surface area contributed by atoms with Crippen molar-refractivity contribution in [1.29, 1.82) is 0 Å². The van der Waals surface area contributed by atoms with Gasteiger partial charge in [-0.2, -0.15) is 0 Å². The monoisotopic (exact) mass is 264 g/mol. The Labute approximate surface area is 112 Å². The largest absolute Gasteiger partial charge is 0.379 e. The van der Waals surface area contributed by atoms with Crippen LogP contribution < -0.4 is 5.73 Å². The molecule has 3 unspecified atom stereocenters. The second kappa shape index (κ2) is 4.83. The van der Waals surface area contributed by atoms with Gasteiger partial charge in [0.1, 0.15) is 0 Å². The van der Waals surface area contributed by atoms with Crippen LogP contribution in [0.25, 0.3) is 0 Å². The molecule has 0 radical (unpaired) electrons. The predicted molar refractivity (Wildman–Crippen MR) is 69.3 cm³/mol. The molecule has 0 bridgehead atoms. The number of likely N-dealkylation sites (tertiary alicyclic amines) is 1. The number of fused-ring (bicyclic) bond motifs is 1. The number of nitrogen functional groups attached to an aromatic ring is 1. The summed E-state index contributed by atoms with van der Waals surface area (Å²) >= 11 is 0. The molecule has 1 aromatic heterocycles. The van der Waals surface area contributed by atoms with Crippen LogP contribution in [0.3, 0.4) is 0 Å². The lowest BCUT2D eigenvalue weighted by Crippen LogP contribution is -2.52. The fourth-order valence-electron chi connectivity index (χ4n) is 3.65. The highest BCUT2D eigenvalue weighted by atomic mass is 16.6. The first-order valence-electron chi connectivity index (χ1n) is 7.07. The number of amides is 1. The minimum Gasteiger partial charge on any atom is -0.379 e. The van der Waals surface area contributed by atoms with Gasteiger partial charge < -0.3 is 10.6 Å². The van der Waals surface area contributed by atoms with E-state index in [0.29, 0.717) is 17.9 Å². The summed E-state index contributed by atoms with van der Waals surface area (Å²) in [7, 11) is 0. The van der Waals surface area contributed by atoms with Crippen molar-refractivity contribution in [3.63, 3.8) is 0 Å². The number of hydrogen-bond donors (Lipinski definition) is 1. The number of anilines is 1. The molecule has 1 aromatic rings. The number of carbonyl (C=O) groups excluding carboxylic acids is 1. The van der Waals surface area contributed by atoms with Crippen LogP contribution in [0.4, 0.5) is 5.82 Å². The minimum atomic E-state index is -0.123. The zero-order valence-electron chi connectivity index (χ0n) is 11.2. The summed E-state index contributed by atoms with van der Waals surface area (Å²) in [6.07, 6.45) is 5.84. The number of hydrogen-bond acceptors (Lipinski definition) is 5. The molecule has 0 aromatic carbocycles. The van der Waals surface area contributed by atoms with E-state index in [1.54, 1.807) is 0 Å². The zero-order valence-corrected chi connectivity index (χ0v) is 11.2. The van der Waals surface area contributed by atoms with Crippen LogP contribution in [0.2, 0.25) is 0 Å². The van der Waals surface area contributed by atoms with E-state index in [2.05, 4.69) is 21.9 Å². The van der Waals surface area contributed by atoms with Crippen molar-refractivity contribution in [3.8, 4) is 0 Å². The molecule has 1 amide bonds. The predicted octanol–water partition coefficient (Wildman–Crippen LogP) is 1.69.